The molecule has 0 aliphatic rings. The molecular weight excluding hydrogens is 190 g/mol. The zero-order valence-corrected chi connectivity index (χ0v) is 7.63. The Kier molecular flexibility index (Phi) is 3.59. The van der Waals surface area contributed by atoms with Gasteiger partial charge in [-0.15, -0.1) is 0 Å². The molecular formula is C10H10F2O2. The van der Waals surface area contributed by atoms with E-state index in [2.05, 4.69) is 0 Å². The second kappa shape index (κ2) is 4.72. The molecule has 1 aromatic carbocycles. The molecule has 0 spiro atoms. The molecule has 1 aromatic rings. The van der Waals surface area contributed by atoms with Gasteiger partial charge in [0.15, 0.2) is 0 Å². The van der Waals surface area contributed by atoms with Crippen LogP contribution >= 0.6 is 0 Å². The molecule has 0 saturated carbocycles. The van der Waals surface area contributed by atoms with Gasteiger partial charge in [0, 0.05) is 5.56 Å². The highest BCUT2D eigenvalue weighted by Crippen LogP contribution is 2.28. The van der Waals surface area contributed by atoms with E-state index in [0.29, 0.717) is 5.75 Å². The van der Waals surface area contributed by atoms with E-state index >= 15 is 0 Å². The number of hydrogen-bond donors (Lipinski definition) is 1. The molecule has 0 bridgehead atoms. The highest BCUT2D eigenvalue weighted by molar-refractivity contribution is 5.71. The van der Waals surface area contributed by atoms with Crippen molar-refractivity contribution >= 4 is 5.57 Å². The molecule has 0 fully saturated rings. The fourth-order valence-corrected chi connectivity index (χ4v) is 1.14. The van der Waals surface area contributed by atoms with Gasteiger partial charge in [-0.1, -0.05) is 18.2 Å². The molecule has 0 aliphatic carbocycles. The van der Waals surface area contributed by atoms with E-state index < -0.39 is 18.3 Å². The zero-order chi connectivity index (χ0) is 10.6. The Bertz CT molecular complexity index is 344. The van der Waals surface area contributed by atoms with E-state index in [1.165, 1.54) is 13.2 Å². The monoisotopic (exact) mass is 200 g/mol. The SMILES string of the molecule is COc1ccccc1C(CO)=C(F)F. The summed E-state index contributed by atoms with van der Waals surface area (Å²) in [4.78, 5) is 0. The lowest BCUT2D eigenvalue weighted by Crippen LogP contribution is -1.96. The fourth-order valence-electron chi connectivity index (χ4n) is 1.14. The lowest BCUT2D eigenvalue weighted by atomic mass is 10.1. The molecule has 4 heteroatoms. The number of rotatable bonds is 3. The third-order valence-electron chi connectivity index (χ3n) is 1.82. The Labute approximate surface area is 80.4 Å². The second-order valence-electron chi connectivity index (χ2n) is 2.60. The first-order valence-corrected chi connectivity index (χ1v) is 3.99. The van der Waals surface area contributed by atoms with Gasteiger partial charge in [0.25, 0.3) is 6.08 Å². The summed E-state index contributed by atoms with van der Waals surface area (Å²) in [5.41, 5.74) is -0.181. The number of aliphatic hydroxyl groups is 1. The average molecular weight is 200 g/mol. The van der Waals surface area contributed by atoms with Gasteiger partial charge >= 0.3 is 0 Å². The van der Waals surface area contributed by atoms with E-state index in [-0.39, 0.29) is 5.56 Å². The fraction of sp³-hybridized carbons (Fsp3) is 0.200. The first kappa shape index (κ1) is 10.7. The number of para-hydroxylation sites is 1. The van der Waals surface area contributed by atoms with E-state index in [1.807, 2.05) is 0 Å². The average Bonchev–Trinajstić information content (AvgIpc) is 2.19. The molecule has 0 aromatic heterocycles. The lowest BCUT2D eigenvalue weighted by molar-refractivity contribution is 0.335. The van der Waals surface area contributed by atoms with Gasteiger partial charge in [0.05, 0.1) is 19.3 Å². The summed E-state index contributed by atoms with van der Waals surface area (Å²) >= 11 is 0. The maximum Gasteiger partial charge on any atom is 0.276 e. The molecule has 14 heavy (non-hydrogen) atoms. The standard InChI is InChI=1S/C10H10F2O2/c1-14-9-5-3-2-4-7(9)8(6-13)10(11)12/h2-5,13H,6H2,1H3. The highest BCUT2D eigenvalue weighted by Gasteiger charge is 2.12. The Morgan fingerprint density at radius 2 is 2.00 bits per heavy atom. The van der Waals surface area contributed by atoms with Gasteiger partial charge in [0.2, 0.25) is 0 Å². The number of halogens is 2. The molecule has 0 heterocycles. The minimum absolute atomic E-state index is 0.220. The van der Waals surface area contributed by atoms with E-state index in [1.54, 1.807) is 18.2 Å². The molecule has 0 amide bonds. The summed E-state index contributed by atoms with van der Waals surface area (Å²) in [6.07, 6.45) is -1.89. The summed E-state index contributed by atoms with van der Waals surface area (Å²) < 4.78 is 29.6. The molecule has 1 N–H and O–H groups in total. The smallest absolute Gasteiger partial charge is 0.276 e. The van der Waals surface area contributed by atoms with Crippen LogP contribution in [0.15, 0.2) is 30.3 Å². The van der Waals surface area contributed by atoms with Crippen molar-refractivity contribution in [2.75, 3.05) is 13.7 Å². The Morgan fingerprint density at radius 1 is 1.36 bits per heavy atom. The summed E-state index contributed by atoms with van der Waals surface area (Å²) in [5.74, 6) is 0.323. The lowest BCUT2D eigenvalue weighted by Gasteiger charge is -2.08. The highest BCUT2D eigenvalue weighted by atomic mass is 19.3. The third-order valence-corrected chi connectivity index (χ3v) is 1.82. The zero-order valence-electron chi connectivity index (χ0n) is 7.63. The summed E-state index contributed by atoms with van der Waals surface area (Å²) in [6.45, 7) is -0.706. The number of aliphatic hydroxyl groups excluding tert-OH is 1. The quantitative estimate of drug-likeness (QED) is 0.811. The van der Waals surface area contributed by atoms with Crippen molar-refractivity contribution in [3.8, 4) is 5.75 Å². The first-order valence-electron chi connectivity index (χ1n) is 3.99. The third kappa shape index (κ3) is 2.09. The van der Waals surface area contributed by atoms with Crippen molar-refractivity contribution in [1.82, 2.24) is 0 Å². The van der Waals surface area contributed by atoms with Gasteiger partial charge < -0.3 is 9.84 Å². The van der Waals surface area contributed by atoms with Crippen molar-refractivity contribution in [1.29, 1.82) is 0 Å². The minimum atomic E-state index is -1.89. The maximum atomic E-state index is 12.4. The normalized spacial score (nSPS) is 9.71. The van der Waals surface area contributed by atoms with Crippen LogP contribution < -0.4 is 4.74 Å². The van der Waals surface area contributed by atoms with Crippen molar-refractivity contribution < 1.29 is 18.6 Å². The molecule has 1 rings (SSSR count). The first-order chi connectivity index (χ1) is 6.70. The molecule has 0 aliphatic heterocycles. The predicted molar refractivity (Wildman–Crippen MR) is 49.2 cm³/mol. The number of benzene rings is 1. The molecule has 0 saturated heterocycles. The molecule has 0 atom stereocenters. The van der Waals surface area contributed by atoms with Gasteiger partial charge in [-0.2, -0.15) is 8.78 Å². The molecule has 0 unspecified atom stereocenters. The van der Waals surface area contributed by atoms with Crippen LogP contribution in [0.25, 0.3) is 5.57 Å². The number of ether oxygens (including phenoxy) is 1. The Morgan fingerprint density at radius 3 is 2.50 bits per heavy atom. The van der Waals surface area contributed by atoms with Gasteiger partial charge in [0.1, 0.15) is 5.75 Å². The van der Waals surface area contributed by atoms with Crippen LogP contribution in [-0.4, -0.2) is 18.8 Å². The van der Waals surface area contributed by atoms with Crippen molar-refractivity contribution in [3.63, 3.8) is 0 Å². The second-order valence-corrected chi connectivity index (χ2v) is 2.60. The number of methoxy groups -OCH3 is 1. The maximum absolute atomic E-state index is 12.4. The van der Waals surface area contributed by atoms with E-state index in [4.69, 9.17) is 9.84 Å². The van der Waals surface area contributed by atoms with Crippen LogP contribution in [0.2, 0.25) is 0 Å². The summed E-state index contributed by atoms with van der Waals surface area (Å²) in [5, 5.41) is 8.78. The predicted octanol–water partition coefficient (Wildman–Crippen LogP) is 2.30. The van der Waals surface area contributed by atoms with Crippen LogP contribution in [0.4, 0.5) is 8.78 Å². The minimum Gasteiger partial charge on any atom is -0.496 e. The van der Waals surface area contributed by atoms with Crippen LogP contribution in [0.5, 0.6) is 5.75 Å². The Balaban J connectivity index is 3.23. The van der Waals surface area contributed by atoms with Crippen molar-refractivity contribution in [2.24, 2.45) is 0 Å². The molecule has 76 valence electrons. The van der Waals surface area contributed by atoms with Crippen molar-refractivity contribution in [2.45, 2.75) is 0 Å². The molecule has 0 radical (unpaired) electrons. The topological polar surface area (TPSA) is 29.5 Å². The van der Waals surface area contributed by atoms with E-state index in [9.17, 15) is 8.78 Å². The van der Waals surface area contributed by atoms with Crippen LogP contribution in [0.3, 0.4) is 0 Å². The van der Waals surface area contributed by atoms with Crippen LogP contribution in [-0.2, 0) is 0 Å². The molecule has 2 nitrogen and oxygen atoms in total. The van der Waals surface area contributed by atoms with Crippen LogP contribution in [0, 0.1) is 0 Å². The largest absolute Gasteiger partial charge is 0.496 e. The van der Waals surface area contributed by atoms with Gasteiger partial charge in [-0.3, -0.25) is 0 Å². The number of hydrogen-bond acceptors (Lipinski definition) is 2. The Hall–Kier alpha value is -1.42. The summed E-state index contributed by atoms with van der Waals surface area (Å²) in [7, 11) is 1.39. The van der Waals surface area contributed by atoms with Gasteiger partial charge in [-0.05, 0) is 6.07 Å². The van der Waals surface area contributed by atoms with Gasteiger partial charge in [-0.25, -0.2) is 0 Å². The van der Waals surface area contributed by atoms with E-state index in [0.717, 1.165) is 0 Å². The summed E-state index contributed by atoms with van der Waals surface area (Å²) in [6, 6.07) is 6.32. The van der Waals surface area contributed by atoms with Crippen molar-refractivity contribution in [3.05, 3.63) is 35.9 Å². The van der Waals surface area contributed by atoms with Crippen LogP contribution in [0.1, 0.15) is 5.56 Å².